The molecule has 1 atom stereocenters. The summed E-state index contributed by atoms with van der Waals surface area (Å²) in [5.41, 5.74) is 2.48. The van der Waals surface area contributed by atoms with E-state index in [2.05, 4.69) is 39.6 Å². The SMILES string of the molecule is COc1ccc(-c2cc[cH-]c2P)cc1.[Fe+2].c1cc[cH-]c1. The molecule has 0 saturated carbocycles. The summed E-state index contributed by atoms with van der Waals surface area (Å²) >= 11 is 0. The van der Waals surface area contributed by atoms with E-state index < -0.39 is 0 Å². The number of ether oxygens (including phenoxy) is 1. The molecule has 104 valence electrons. The van der Waals surface area contributed by atoms with Crippen LogP contribution in [0.4, 0.5) is 0 Å². The average molecular weight is 324 g/mol. The molecule has 1 unspecified atom stereocenters. The molecule has 3 rings (SSSR count). The fourth-order valence-corrected chi connectivity index (χ4v) is 2.16. The predicted octanol–water partition coefficient (Wildman–Crippen LogP) is 3.98. The van der Waals surface area contributed by atoms with Crippen molar-refractivity contribution in [1.29, 1.82) is 0 Å². The minimum absolute atomic E-state index is 0. The normalized spacial score (nSPS) is 9.10. The quantitative estimate of drug-likeness (QED) is 0.394. The van der Waals surface area contributed by atoms with Gasteiger partial charge in [-0.05, 0) is 12.1 Å². The third-order valence-corrected chi connectivity index (χ3v) is 3.31. The molecule has 0 N–H and O–H groups in total. The third-order valence-electron chi connectivity index (χ3n) is 2.81. The molecule has 3 aromatic carbocycles. The van der Waals surface area contributed by atoms with Crippen molar-refractivity contribution < 1.29 is 21.8 Å². The van der Waals surface area contributed by atoms with Gasteiger partial charge in [-0.1, -0.05) is 17.7 Å². The Kier molecular flexibility index (Phi) is 7.33. The van der Waals surface area contributed by atoms with Crippen LogP contribution in [-0.2, 0) is 17.1 Å². The first-order chi connectivity index (χ1) is 9.31. The van der Waals surface area contributed by atoms with Gasteiger partial charge >= 0.3 is 17.1 Å². The van der Waals surface area contributed by atoms with Gasteiger partial charge in [0.25, 0.3) is 0 Å². The topological polar surface area (TPSA) is 9.23 Å². The van der Waals surface area contributed by atoms with Crippen LogP contribution in [0.1, 0.15) is 0 Å². The van der Waals surface area contributed by atoms with Gasteiger partial charge in [0.15, 0.2) is 0 Å². The molecule has 3 heteroatoms. The molecule has 0 fully saturated rings. The molecule has 1 nitrogen and oxygen atoms in total. The Bertz CT molecular complexity index is 565. The number of hydrogen-bond donors (Lipinski definition) is 0. The Morgan fingerprint density at radius 2 is 1.60 bits per heavy atom. The molecule has 0 spiro atoms. The summed E-state index contributed by atoms with van der Waals surface area (Å²) in [6.45, 7) is 0. The number of benzene rings is 1. The van der Waals surface area contributed by atoms with E-state index in [1.165, 1.54) is 16.4 Å². The summed E-state index contributed by atoms with van der Waals surface area (Å²) in [7, 11) is 4.42. The Balaban J connectivity index is 0.000000283. The van der Waals surface area contributed by atoms with Crippen LogP contribution >= 0.6 is 9.24 Å². The Labute approximate surface area is 133 Å². The minimum Gasteiger partial charge on any atom is -0.497 e. The first kappa shape index (κ1) is 16.7. The maximum absolute atomic E-state index is 5.11. The minimum atomic E-state index is 0. The van der Waals surface area contributed by atoms with E-state index in [0.717, 1.165) is 5.75 Å². The van der Waals surface area contributed by atoms with Crippen molar-refractivity contribution in [3.63, 3.8) is 0 Å². The van der Waals surface area contributed by atoms with E-state index >= 15 is 0 Å². The zero-order chi connectivity index (χ0) is 13.5. The van der Waals surface area contributed by atoms with Crippen LogP contribution in [0.15, 0.2) is 72.8 Å². The molecular formula is C17H17FeOP. The Hall–Kier alpha value is -1.33. The van der Waals surface area contributed by atoms with Crippen molar-refractivity contribution in [3.05, 3.63) is 72.8 Å². The molecule has 0 aliphatic carbocycles. The molecule has 20 heavy (non-hydrogen) atoms. The average Bonchev–Trinajstić information content (AvgIpc) is 3.13. The summed E-state index contributed by atoms with van der Waals surface area (Å²) in [5, 5.41) is 1.23. The summed E-state index contributed by atoms with van der Waals surface area (Å²) in [4.78, 5) is 0. The van der Waals surface area contributed by atoms with Gasteiger partial charge in [0, 0.05) is 0 Å². The summed E-state index contributed by atoms with van der Waals surface area (Å²) < 4.78 is 5.11. The molecule has 0 aliphatic heterocycles. The van der Waals surface area contributed by atoms with Gasteiger partial charge in [-0.25, -0.2) is 18.2 Å². The van der Waals surface area contributed by atoms with Gasteiger partial charge in [-0.3, -0.25) is 0 Å². The summed E-state index contributed by atoms with van der Waals surface area (Å²) in [5.74, 6) is 0.894. The molecule has 0 aliphatic rings. The molecule has 0 amide bonds. The van der Waals surface area contributed by atoms with Gasteiger partial charge in [-0.15, -0.1) is 14.5 Å². The summed E-state index contributed by atoms with van der Waals surface area (Å²) in [6.07, 6.45) is 0. The molecule has 0 bridgehead atoms. The van der Waals surface area contributed by atoms with E-state index in [-0.39, 0.29) is 17.1 Å². The van der Waals surface area contributed by atoms with Crippen molar-refractivity contribution >= 4 is 14.5 Å². The maximum Gasteiger partial charge on any atom is 2.00 e. The molecule has 0 aromatic heterocycles. The fraction of sp³-hybridized carbons (Fsp3) is 0.0588. The largest absolute Gasteiger partial charge is 2.00 e. The van der Waals surface area contributed by atoms with Crippen molar-refractivity contribution in [1.82, 2.24) is 0 Å². The first-order valence-electron chi connectivity index (χ1n) is 6.13. The van der Waals surface area contributed by atoms with Crippen molar-refractivity contribution in [2.45, 2.75) is 0 Å². The second-order valence-electron chi connectivity index (χ2n) is 4.09. The second-order valence-corrected chi connectivity index (χ2v) is 4.71. The standard InChI is InChI=1S/C12H12OP.C5H5.Fe/c1-13-10-7-5-9(6-8-10)11-3-2-4-12(11)14;1-2-4-5-3-1;/h2-8H,14H2,1H3;1-5H;/q2*-1;+2. The summed E-state index contributed by atoms with van der Waals surface area (Å²) in [6, 6.07) is 24.4. The number of methoxy groups -OCH3 is 1. The van der Waals surface area contributed by atoms with E-state index in [1.54, 1.807) is 7.11 Å². The molecular weight excluding hydrogens is 307 g/mol. The molecule has 0 radical (unpaired) electrons. The third kappa shape index (κ3) is 4.65. The molecule has 3 aromatic rings. The van der Waals surface area contributed by atoms with E-state index in [9.17, 15) is 0 Å². The molecule has 0 heterocycles. The van der Waals surface area contributed by atoms with Gasteiger partial charge < -0.3 is 4.74 Å². The van der Waals surface area contributed by atoms with Crippen LogP contribution in [0.5, 0.6) is 5.75 Å². The number of hydrogen-bond acceptors (Lipinski definition) is 1. The smallest absolute Gasteiger partial charge is 0.497 e. The van der Waals surface area contributed by atoms with Gasteiger partial charge in [0.1, 0.15) is 5.75 Å². The Morgan fingerprint density at radius 3 is 2.00 bits per heavy atom. The van der Waals surface area contributed by atoms with Crippen LogP contribution in [0.3, 0.4) is 0 Å². The van der Waals surface area contributed by atoms with E-state index in [4.69, 9.17) is 4.74 Å². The Morgan fingerprint density at radius 1 is 0.950 bits per heavy atom. The van der Waals surface area contributed by atoms with E-state index in [1.807, 2.05) is 42.5 Å². The van der Waals surface area contributed by atoms with Crippen LogP contribution < -0.4 is 10.0 Å². The van der Waals surface area contributed by atoms with E-state index in [0.29, 0.717) is 0 Å². The second kappa shape index (κ2) is 8.76. The van der Waals surface area contributed by atoms with Gasteiger partial charge in [0.05, 0.1) is 7.11 Å². The van der Waals surface area contributed by atoms with Crippen LogP contribution in [-0.4, -0.2) is 7.11 Å². The fourth-order valence-electron chi connectivity index (χ4n) is 1.79. The van der Waals surface area contributed by atoms with Gasteiger partial charge in [0.2, 0.25) is 0 Å². The van der Waals surface area contributed by atoms with Crippen molar-refractivity contribution in [2.75, 3.05) is 7.11 Å². The predicted molar refractivity (Wildman–Crippen MR) is 85.4 cm³/mol. The van der Waals surface area contributed by atoms with Crippen molar-refractivity contribution in [3.8, 4) is 16.9 Å². The van der Waals surface area contributed by atoms with Gasteiger partial charge in [-0.2, -0.15) is 35.9 Å². The zero-order valence-electron chi connectivity index (χ0n) is 11.3. The van der Waals surface area contributed by atoms with Crippen LogP contribution in [0.25, 0.3) is 11.1 Å². The maximum atomic E-state index is 5.11. The van der Waals surface area contributed by atoms with Crippen LogP contribution in [0, 0.1) is 0 Å². The first-order valence-corrected chi connectivity index (χ1v) is 6.71. The zero-order valence-corrected chi connectivity index (χ0v) is 13.5. The molecule has 0 saturated heterocycles. The monoisotopic (exact) mass is 324 g/mol. The van der Waals surface area contributed by atoms with Crippen LogP contribution in [0.2, 0.25) is 0 Å². The van der Waals surface area contributed by atoms with Crippen molar-refractivity contribution in [2.24, 2.45) is 0 Å². The number of rotatable bonds is 2.